The highest BCUT2D eigenvalue weighted by Crippen LogP contribution is 2.32. The smallest absolute Gasteiger partial charge is 0.173 e. The fourth-order valence-corrected chi connectivity index (χ4v) is 3.09. The van der Waals surface area contributed by atoms with Crippen molar-refractivity contribution in [1.82, 2.24) is 15.1 Å². The third-order valence-corrected chi connectivity index (χ3v) is 4.50. The molecule has 2 aliphatic rings. The quantitative estimate of drug-likeness (QED) is 0.900. The van der Waals surface area contributed by atoms with Crippen molar-refractivity contribution < 1.29 is 14.2 Å². The highest BCUT2D eigenvalue weighted by atomic mass is 16.7. The van der Waals surface area contributed by atoms with Crippen LogP contribution in [-0.4, -0.2) is 48.0 Å². The van der Waals surface area contributed by atoms with E-state index in [9.17, 15) is 0 Å². The van der Waals surface area contributed by atoms with Crippen LogP contribution in [-0.2, 0) is 27.8 Å². The molecule has 1 N–H and O–H groups in total. The van der Waals surface area contributed by atoms with Crippen molar-refractivity contribution in [2.24, 2.45) is 7.05 Å². The second kappa shape index (κ2) is 6.04. The molecule has 0 aliphatic carbocycles. The summed E-state index contributed by atoms with van der Waals surface area (Å²) in [5.74, 6) is -0.384. The van der Waals surface area contributed by atoms with Gasteiger partial charge in [-0.1, -0.05) is 0 Å². The standard InChI is InChI=1S/C15H25N3O3/c1-11-14(12(2)18(3)17-11)9-16-8-13-10-20-15(21-13)4-6-19-7-5-15/h13,16H,4-10H2,1-3H3. The molecule has 6 nitrogen and oxygen atoms in total. The molecule has 0 aromatic carbocycles. The average Bonchev–Trinajstić information content (AvgIpc) is 2.96. The third kappa shape index (κ3) is 3.13. The van der Waals surface area contributed by atoms with E-state index in [0.717, 1.165) is 44.8 Å². The second-order valence-electron chi connectivity index (χ2n) is 5.98. The van der Waals surface area contributed by atoms with E-state index >= 15 is 0 Å². The molecule has 1 atom stereocenters. The predicted molar refractivity (Wildman–Crippen MR) is 78.0 cm³/mol. The Balaban J connectivity index is 1.48. The number of aromatic nitrogens is 2. The first-order chi connectivity index (χ1) is 10.1. The SMILES string of the molecule is Cc1nn(C)c(C)c1CNCC1COC2(CCOCC2)O1. The lowest BCUT2D eigenvalue weighted by molar-refractivity contribution is -0.210. The molecule has 2 aliphatic heterocycles. The van der Waals surface area contributed by atoms with Crippen LogP contribution in [0.15, 0.2) is 0 Å². The van der Waals surface area contributed by atoms with Crippen LogP contribution >= 0.6 is 0 Å². The summed E-state index contributed by atoms with van der Waals surface area (Å²) < 4.78 is 19.3. The fourth-order valence-electron chi connectivity index (χ4n) is 3.09. The first kappa shape index (κ1) is 15.0. The van der Waals surface area contributed by atoms with Gasteiger partial charge in [0.2, 0.25) is 0 Å². The zero-order chi connectivity index (χ0) is 14.9. The number of ether oxygens (including phenoxy) is 3. The van der Waals surface area contributed by atoms with Crippen LogP contribution in [0.1, 0.15) is 29.8 Å². The molecule has 2 saturated heterocycles. The molecule has 118 valence electrons. The van der Waals surface area contributed by atoms with Crippen molar-refractivity contribution in [3.63, 3.8) is 0 Å². The Kier molecular flexibility index (Phi) is 4.31. The summed E-state index contributed by atoms with van der Waals surface area (Å²) in [6, 6.07) is 0. The van der Waals surface area contributed by atoms with Gasteiger partial charge in [-0.3, -0.25) is 4.68 Å². The fraction of sp³-hybridized carbons (Fsp3) is 0.800. The zero-order valence-corrected chi connectivity index (χ0v) is 13.1. The molecule has 6 heteroatoms. The topological polar surface area (TPSA) is 57.5 Å². The molecule has 2 fully saturated rings. The second-order valence-corrected chi connectivity index (χ2v) is 5.98. The van der Waals surface area contributed by atoms with Crippen molar-refractivity contribution in [3.05, 3.63) is 17.0 Å². The van der Waals surface area contributed by atoms with E-state index in [-0.39, 0.29) is 11.9 Å². The highest BCUT2D eigenvalue weighted by molar-refractivity contribution is 5.23. The molecular weight excluding hydrogens is 270 g/mol. The van der Waals surface area contributed by atoms with Crippen LogP contribution in [0.5, 0.6) is 0 Å². The van der Waals surface area contributed by atoms with Crippen molar-refractivity contribution in [1.29, 1.82) is 0 Å². The maximum Gasteiger partial charge on any atom is 0.173 e. The van der Waals surface area contributed by atoms with Crippen LogP contribution in [0.2, 0.25) is 0 Å². The van der Waals surface area contributed by atoms with Crippen molar-refractivity contribution >= 4 is 0 Å². The number of hydrogen-bond donors (Lipinski definition) is 1. The molecule has 21 heavy (non-hydrogen) atoms. The molecule has 1 unspecified atom stereocenters. The first-order valence-corrected chi connectivity index (χ1v) is 7.69. The summed E-state index contributed by atoms with van der Waals surface area (Å²) in [6.45, 7) is 7.90. The minimum absolute atomic E-state index is 0.125. The van der Waals surface area contributed by atoms with Crippen molar-refractivity contribution in [2.45, 2.75) is 45.1 Å². The zero-order valence-electron chi connectivity index (χ0n) is 13.1. The average molecular weight is 295 g/mol. The maximum absolute atomic E-state index is 6.11. The lowest BCUT2D eigenvalue weighted by atomic mass is 10.1. The van der Waals surface area contributed by atoms with Crippen molar-refractivity contribution in [2.75, 3.05) is 26.4 Å². The van der Waals surface area contributed by atoms with Crippen LogP contribution < -0.4 is 5.32 Å². The Morgan fingerprint density at radius 3 is 2.76 bits per heavy atom. The predicted octanol–water partition coefficient (Wildman–Crippen LogP) is 1.05. The van der Waals surface area contributed by atoms with Gasteiger partial charge in [-0.15, -0.1) is 0 Å². The maximum atomic E-state index is 6.11. The van der Waals surface area contributed by atoms with Crippen LogP contribution in [0, 0.1) is 13.8 Å². The van der Waals surface area contributed by atoms with Gasteiger partial charge in [-0.25, -0.2) is 0 Å². The Hall–Kier alpha value is -0.950. The summed E-state index contributed by atoms with van der Waals surface area (Å²) in [4.78, 5) is 0. The van der Waals surface area contributed by atoms with E-state index in [1.54, 1.807) is 0 Å². The van der Waals surface area contributed by atoms with Gasteiger partial charge in [0.1, 0.15) is 0 Å². The molecule has 0 amide bonds. The van der Waals surface area contributed by atoms with Crippen LogP contribution in [0.25, 0.3) is 0 Å². The normalized spacial score (nSPS) is 24.8. The molecule has 3 heterocycles. The van der Waals surface area contributed by atoms with Gasteiger partial charge in [0.05, 0.1) is 31.6 Å². The third-order valence-electron chi connectivity index (χ3n) is 4.50. The van der Waals surface area contributed by atoms with Gasteiger partial charge in [-0.05, 0) is 13.8 Å². The monoisotopic (exact) mass is 295 g/mol. The van der Waals surface area contributed by atoms with E-state index in [2.05, 4.69) is 24.3 Å². The number of nitrogens with zero attached hydrogens (tertiary/aromatic N) is 2. The lowest BCUT2D eigenvalue weighted by Gasteiger charge is -2.31. The molecule has 1 aromatic heterocycles. The summed E-state index contributed by atoms with van der Waals surface area (Å²) in [7, 11) is 1.98. The van der Waals surface area contributed by atoms with Gasteiger partial charge in [0.25, 0.3) is 0 Å². The van der Waals surface area contributed by atoms with E-state index in [4.69, 9.17) is 14.2 Å². The summed E-state index contributed by atoms with van der Waals surface area (Å²) in [5.41, 5.74) is 3.58. The Bertz CT molecular complexity index is 495. The van der Waals surface area contributed by atoms with E-state index in [1.165, 1.54) is 11.3 Å². The summed E-state index contributed by atoms with van der Waals surface area (Å²) in [6.07, 6.45) is 1.80. The Labute approximate surface area is 125 Å². The molecule has 0 bridgehead atoms. The number of nitrogens with one attached hydrogen (secondary N) is 1. The van der Waals surface area contributed by atoms with Crippen LogP contribution in [0.4, 0.5) is 0 Å². The van der Waals surface area contributed by atoms with Gasteiger partial charge < -0.3 is 19.5 Å². The van der Waals surface area contributed by atoms with Crippen molar-refractivity contribution in [3.8, 4) is 0 Å². The largest absolute Gasteiger partial charge is 0.381 e. The lowest BCUT2D eigenvalue weighted by Crippen LogP contribution is -2.39. The number of aryl methyl sites for hydroxylation is 2. The van der Waals surface area contributed by atoms with E-state index in [0.29, 0.717) is 6.61 Å². The number of rotatable bonds is 4. The first-order valence-electron chi connectivity index (χ1n) is 7.69. The van der Waals surface area contributed by atoms with Gasteiger partial charge >= 0.3 is 0 Å². The molecule has 3 rings (SSSR count). The van der Waals surface area contributed by atoms with Gasteiger partial charge in [-0.2, -0.15) is 5.10 Å². The molecule has 0 radical (unpaired) electrons. The van der Waals surface area contributed by atoms with E-state index in [1.807, 2.05) is 11.7 Å². The van der Waals surface area contributed by atoms with Crippen LogP contribution in [0.3, 0.4) is 0 Å². The Morgan fingerprint density at radius 1 is 1.33 bits per heavy atom. The molecule has 1 spiro atoms. The molecule has 1 aromatic rings. The summed E-state index contributed by atoms with van der Waals surface area (Å²) in [5, 5.41) is 7.91. The molecule has 0 saturated carbocycles. The highest BCUT2D eigenvalue weighted by Gasteiger charge is 2.42. The van der Waals surface area contributed by atoms with E-state index < -0.39 is 0 Å². The number of hydrogen-bond acceptors (Lipinski definition) is 5. The summed E-state index contributed by atoms with van der Waals surface area (Å²) >= 11 is 0. The van der Waals surface area contributed by atoms with Gasteiger partial charge in [0, 0.05) is 44.2 Å². The Morgan fingerprint density at radius 2 is 2.10 bits per heavy atom. The minimum Gasteiger partial charge on any atom is -0.381 e. The minimum atomic E-state index is -0.384. The molecular formula is C15H25N3O3. The van der Waals surface area contributed by atoms with Gasteiger partial charge in [0.15, 0.2) is 5.79 Å².